The summed E-state index contributed by atoms with van der Waals surface area (Å²) in [5.74, 6) is -1.11. The first-order valence-corrected chi connectivity index (χ1v) is 7.41. The lowest BCUT2D eigenvalue weighted by molar-refractivity contribution is 0.0697. The van der Waals surface area contributed by atoms with Gasteiger partial charge in [0.25, 0.3) is 0 Å². The summed E-state index contributed by atoms with van der Waals surface area (Å²) in [6.07, 6.45) is 1.24. The first-order valence-electron chi connectivity index (χ1n) is 4.75. The predicted molar refractivity (Wildman–Crippen MR) is 68.9 cm³/mol. The van der Waals surface area contributed by atoms with Crippen molar-refractivity contribution in [3.8, 4) is 0 Å². The van der Waals surface area contributed by atoms with E-state index in [0.29, 0.717) is 0 Å². The number of hydrogen-bond acceptors (Lipinski definition) is 3. The van der Waals surface area contributed by atoms with Crippen molar-refractivity contribution in [3.05, 3.63) is 29.8 Å². The van der Waals surface area contributed by atoms with Gasteiger partial charge in [-0.05, 0) is 30.7 Å². The minimum absolute atomic E-state index is 0.0207. The molecule has 0 amide bonds. The average Bonchev–Trinajstić information content (AvgIpc) is 2.28. The van der Waals surface area contributed by atoms with E-state index < -0.39 is 16.0 Å². The van der Waals surface area contributed by atoms with Gasteiger partial charge in [0.2, 0.25) is 10.0 Å². The molecule has 3 N–H and O–H groups in total. The summed E-state index contributed by atoms with van der Waals surface area (Å²) in [7, 11) is -3.74. The van der Waals surface area contributed by atoms with Gasteiger partial charge in [-0.25, -0.2) is 18.4 Å². The van der Waals surface area contributed by atoms with Crippen LogP contribution in [0, 0.1) is 0 Å². The highest BCUT2D eigenvalue weighted by atomic mass is 79.9. The monoisotopic (exact) mass is 323 g/mol. The molecule has 0 spiro atoms. The number of alkyl halides is 1. The van der Waals surface area contributed by atoms with Gasteiger partial charge in [-0.3, -0.25) is 0 Å². The molecule has 1 aromatic rings. The minimum atomic E-state index is -3.74. The van der Waals surface area contributed by atoms with Crippen molar-refractivity contribution >= 4 is 31.9 Å². The van der Waals surface area contributed by atoms with E-state index in [-0.39, 0.29) is 10.5 Å². The van der Waals surface area contributed by atoms with Crippen LogP contribution in [-0.4, -0.2) is 24.8 Å². The van der Waals surface area contributed by atoms with Crippen LogP contribution in [0.4, 0.5) is 0 Å². The molecule has 0 aliphatic carbocycles. The van der Waals surface area contributed by atoms with Gasteiger partial charge in [0.05, 0.1) is 10.5 Å². The third-order valence-electron chi connectivity index (χ3n) is 1.62. The van der Waals surface area contributed by atoms with Crippen LogP contribution in [0.5, 0.6) is 0 Å². The maximum Gasteiger partial charge on any atom is 0.335 e. The van der Waals surface area contributed by atoms with Gasteiger partial charge in [0.15, 0.2) is 0 Å². The lowest BCUT2D eigenvalue weighted by Gasteiger charge is -1.97. The molecule has 0 aliphatic rings. The molecule has 17 heavy (non-hydrogen) atoms. The molecule has 0 fully saturated rings. The Hall–Kier alpha value is -0.920. The largest absolute Gasteiger partial charge is 0.478 e. The van der Waals surface area contributed by atoms with Gasteiger partial charge in [-0.15, -0.1) is 0 Å². The SMILES string of the molecule is CCCBr.NS(=O)(=O)c1ccc(C(=O)O)cc1. The molecule has 1 aromatic carbocycles. The van der Waals surface area contributed by atoms with E-state index in [2.05, 4.69) is 22.9 Å². The Labute approximate surface area is 109 Å². The second-order valence-electron chi connectivity index (χ2n) is 3.06. The normalized spacial score (nSPS) is 10.3. The minimum Gasteiger partial charge on any atom is -0.478 e. The van der Waals surface area contributed by atoms with Gasteiger partial charge >= 0.3 is 5.97 Å². The maximum absolute atomic E-state index is 10.7. The highest BCUT2D eigenvalue weighted by Crippen LogP contribution is 2.08. The summed E-state index contributed by atoms with van der Waals surface area (Å²) in [6.45, 7) is 2.13. The van der Waals surface area contributed by atoms with Crippen molar-refractivity contribution in [3.63, 3.8) is 0 Å². The van der Waals surface area contributed by atoms with E-state index in [4.69, 9.17) is 10.2 Å². The van der Waals surface area contributed by atoms with Crippen LogP contribution in [0.15, 0.2) is 29.2 Å². The number of carboxylic acid groups (broad SMARTS) is 1. The Morgan fingerprint density at radius 1 is 1.35 bits per heavy atom. The fourth-order valence-corrected chi connectivity index (χ4v) is 1.30. The molecule has 7 heteroatoms. The second-order valence-corrected chi connectivity index (χ2v) is 5.42. The topological polar surface area (TPSA) is 97.5 Å². The van der Waals surface area contributed by atoms with Crippen molar-refractivity contribution in [2.24, 2.45) is 5.14 Å². The molecule has 96 valence electrons. The standard InChI is InChI=1S/C7H7NO4S.C3H7Br/c8-13(11,12)6-3-1-5(2-4-6)7(9)10;1-2-3-4/h1-4H,(H,9,10)(H2,8,11,12);2-3H2,1H3. The molecule has 0 radical (unpaired) electrons. The first-order chi connectivity index (χ1) is 7.82. The number of aromatic carboxylic acids is 1. The number of halogens is 1. The summed E-state index contributed by atoms with van der Waals surface area (Å²) in [6, 6.07) is 4.67. The zero-order valence-electron chi connectivity index (χ0n) is 9.26. The Kier molecular flexibility index (Phi) is 7.01. The Balaban J connectivity index is 0.000000557. The van der Waals surface area contributed by atoms with Crippen LogP contribution in [0.3, 0.4) is 0 Å². The van der Waals surface area contributed by atoms with E-state index in [1.54, 1.807) is 0 Å². The second kappa shape index (κ2) is 7.41. The molecule has 1 rings (SSSR count). The van der Waals surface area contributed by atoms with Crippen molar-refractivity contribution < 1.29 is 18.3 Å². The van der Waals surface area contributed by atoms with Gasteiger partial charge in [0, 0.05) is 5.33 Å². The summed E-state index contributed by atoms with van der Waals surface area (Å²) in [5, 5.41) is 14.4. The number of carbonyl (C=O) groups is 1. The quantitative estimate of drug-likeness (QED) is 0.829. The molecule has 0 bridgehead atoms. The number of carboxylic acids is 1. The predicted octanol–water partition coefficient (Wildman–Crippen LogP) is 1.82. The number of rotatable bonds is 3. The molecule has 0 heterocycles. The van der Waals surface area contributed by atoms with E-state index in [1.165, 1.54) is 18.6 Å². The number of primary sulfonamides is 1. The third-order valence-corrected chi connectivity index (χ3v) is 3.34. The highest BCUT2D eigenvalue weighted by molar-refractivity contribution is 9.09. The Morgan fingerprint density at radius 2 is 1.76 bits per heavy atom. The van der Waals surface area contributed by atoms with Crippen LogP contribution >= 0.6 is 15.9 Å². The maximum atomic E-state index is 10.7. The molecule has 0 atom stereocenters. The lowest BCUT2D eigenvalue weighted by Crippen LogP contribution is -2.12. The van der Waals surface area contributed by atoms with Gasteiger partial charge in [-0.1, -0.05) is 22.9 Å². The van der Waals surface area contributed by atoms with Crippen molar-refractivity contribution in [1.82, 2.24) is 0 Å². The molecule has 0 saturated heterocycles. The van der Waals surface area contributed by atoms with Crippen LogP contribution in [-0.2, 0) is 10.0 Å². The van der Waals surface area contributed by atoms with Crippen LogP contribution in [0.1, 0.15) is 23.7 Å². The van der Waals surface area contributed by atoms with E-state index >= 15 is 0 Å². The van der Waals surface area contributed by atoms with Crippen LogP contribution < -0.4 is 5.14 Å². The molecule has 0 saturated carbocycles. The molecule has 0 aliphatic heterocycles. The zero-order chi connectivity index (χ0) is 13.5. The van der Waals surface area contributed by atoms with Gasteiger partial charge in [0.1, 0.15) is 0 Å². The Morgan fingerprint density at radius 3 is 2.00 bits per heavy atom. The van der Waals surface area contributed by atoms with Crippen molar-refractivity contribution in [2.45, 2.75) is 18.2 Å². The van der Waals surface area contributed by atoms with E-state index in [9.17, 15) is 13.2 Å². The molecule has 5 nitrogen and oxygen atoms in total. The number of hydrogen-bond donors (Lipinski definition) is 2. The number of sulfonamides is 1. The number of benzene rings is 1. The number of nitrogens with two attached hydrogens (primary N) is 1. The van der Waals surface area contributed by atoms with Crippen molar-refractivity contribution in [2.75, 3.05) is 5.33 Å². The third kappa shape index (κ3) is 6.40. The van der Waals surface area contributed by atoms with Crippen LogP contribution in [0.25, 0.3) is 0 Å². The fraction of sp³-hybridized carbons (Fsp3) is 0.300. The smallest absolute Gasteiger partial charge is 0.335 e. The summed E-state index contributed by atoms with van der Waals surface area (Å²) < 4.78 is 21.5. The summed E-state index contributed by atoms with van der Waals surface area (Å²) >= 11 is 3.25. The van der Waals surface area contributed by atoms with E-state index in [0.717, 1.165) is 17.5 Å². The van der Waals surface area contributed by atoms with E-state index in [1.807, 2.05) is 0 Å². The first kappa shape index (κ1) is 16.1. The summed E-state index contributed by atoms with van der Waals surface area (Å²) in [5.41, 5.74) is 0.0207. The molecular formula is C10H14BrNO4S. The van der Waals surface area contributed by atoms with Gasteiger partial charge < -0.3 is 5.11 Å². The van der Waals surface area contributed by atoms with Crippen molar-refractivity contribution in [1.29, 1.82) is 0 Å². The zero-order valence-corrected chi connectivity index (χ0v) is 11.7. The lowest BCUT2D eigenvalue weighted by atomic mass is 10.2. The summed E-state index contributed by atoms with van der Waals surface area (Å²) in [4.78, 5) is 10.3. The van der Waals surface area contributed by atoms with Crippen LogP contribution in [0.2, 0.25) is 0 Å². The van der Waals surface area contributed by atoms with Gasteiger partial charge in [-0.2, -0.15) is 0 Å². The molecule has 0 aromatic heterocycles. The molecule has 0 unspecified atom stereocenters. The highest BCUT2D eigenvalue weighted by Gasteiger charge is 2.08. The Bertz CT molecular complexity index is 454. The average molecular weight is 324 g/mol. The fourth-order valence-electron chi connectivity index (χ4n) is 0.787. The molecular weight excluding hydrogens is 310 g/mol.